The molecule has 1 radical (unpaired) electrons. The van der Waals surface area contributed by atoms with E-state index in [1.165, 1.54) is 13.2 Å². The third-order valence-electron chi connectivity index (χ3n) is 3.31. The van der Waals surface area contributed by atoms with Crippen molar-refractivity contribution >= 4 is 5.97 Å². The van der Waals surface area contributed by atoms with Crippen molar-refractivity contribution in [3.63, 3.8) is 0 Å². The van der Waals surface area contributed by atoms with Crippen molar-refractivity contribution in [1.82, 2.24) is 0 Å². The van der Waals surface area contributed by atoms with Crippen molar-refractivity contribution in [3.05, 3.63) is 91.9 Å². The van der Waals surface area contributed by atoms with Crippen molar-refractivity contribution in [2.24, 2.45) is 0 Å². The van der Waals surface area contributed by atoms with Gasteiger partial charge in [0.2, 0.25) is 0 Å². The summed E-state index contributed by atoms with van der Waals surface area (Å²) in [5, 5.41) is 27.8. The van der Waals surface area contributed by atoms with E-state index in [1.807, 2.05) is 30.3 Å². The number of carbonyl (C=O) groups excluding carboxylic acids is 1. The molecule has 0 bridgehead atoms. The largest absolute Gasteiger partial charge is 0.469 e. The van der Waals surface area contributed by atoms with Crippen molar-refractivity contribution in [3.8, 4) is 0 Å². The van der Waals surface area contributed by atoms with Gasteiger partial charge in [0.1, 0.15) is 0 Å². The average Bonchev–Trinajstić information content (AvgIpc) is 2.71. The van der Waals surface area contributed by atoms with Crippen LogP contribution in [0.4, 0.5) is 0 Å². The van der Waals surface area contributed by atoms with E-state index in [1.54, 1.807) is 42.5 Å². The van der Waals surface area contributed by atoms with E-state index in [0.717, 1.165) is 0 Å². The maximum Gasteiger partial charge on any atom is 0.305 e. The zero-order valence-electron chi connectivity index (χ0n) is 16.8. The molecule has 3 N–H and O–H groups in total. The summed E-state index contributed by atoms with van der Waals surface area (Å²) in [6.07, 6.45) is 12.1. The first-order valence-electron chi connectivity index (χ1n) is 9.01. The molecule has 0 aromatic heterocycles. The van der Waals surface area contributed by atoms with Crippen LogP contribution in [-0.4, -0.2) is 46.7 Å². The minimum atomic E-state index is -1.04. The summed E-state index contributed by atoms with van der Waals surface area (Å²) < 4.78 is 4.51. The van der Waals surface area contributed by atoms with Crippen LogP contribution in [0, 0.1) is 13.0 Å². The molecule has 3 atom stereocenters. The van der Waals surface area contributed by atoms with E-state index in [0.29, 0.717) is 19.3 Å². The average molecular weight is 475 g/mol. The van der Waals surface area contributed by atoms with Crippen LogP contribution in [0.3, 0.4) is 0 Å². The Morgan fingerprint density at radius 2 is 1.55 bits per heavy atom. The molecule has 1 aromatic rings. The minimum absolute atomic E-state index is 0. The Labute approximate surface area is 199 Å². The molecule has 0 aliphatic rings. The Bertz CT molecular complexity index is 582. The number of rotatable bonds is 10. The minimum Gasteiger partial charge on any atom is -0.469 e. The fourth-order valence-electron chi connectivity index (χ4n) is 1.75. The van der Waals surface area contributed by atoms with Gasteiger partial charge in [-0.2, -0.15) is 36.4 Å². The van der Waals surface area contributed by atoms with Gasteiger partial charge in [-0.05, 0) is 18.9 Å². The standard InChI is InChI=1S/C17H25O5.C6H5.Y/c1-14(18)16(20)12-8-6-4-3-5-7-10-15(19)11-9-13-17(21)22-2;1-2-4-6-5-3-1;/h3-8,10,12,14-16,18-20H,1,9,11,13H2,2H3;1-5H;/q2*-1;/b5-3-,6-4+,10-7+,12-8+;;/t14-,15-,16-;;/m1../s1. The van der Waals surface area contributed by atoms with Crippen LogP contribution in [0.25, 0.3) is 0 Å². The first kappa shape index (κ1) is 29.8. The van der Waals surface area contributed by atoms with E-state index in [2.05, 4.69) is 17.7 Å². The fourth-order valence-corrected chi connectivity index (χ4v) is 1.75. The summed E-state index contributed by atoms with van der Waals surface area (Å²) in [5.74, 6) is -0.272. The molecular weight excluding hydrogens is 445 g/mol. The van der Waals surface area contributed by atoms with E-state index in [9.17, 15) is 15.0 Å². The smallest absolute Gasteiger partial charge is 0.305 e. The van der Waals surface area contributed by atoms with Crippen molar-refractivity contribution < 1.29 is 57.6 Å². The van der Waals surface area contributed by atoms with Crippen LogP contribution in [0.5, 0.6) is 0 Å². The number of allylic oxidation sites excluding steroid dienone is 6. The number of benzene rings is 1. The van der Waals surface area contributed by atoms with Gasteiger partial charge in [-0.1, -0.05) is 48.6 Å². The van der Waals surface area contributed by atoms with Crippen LogP contribution in [0.1, 0.15) is 19.3 Å². The molecule has 1 aromatic carbocycles. The number of carbonyl (C=O) groups is 1. The number of hydrogen-bond donors (Lipinski definition) is 3. The Balaban J connectivity index is 0. The molecule has 0 saturated carbocycles. The molecule has 0 aliphatic carbocycles. The normalized spacial score (nSPS) is 14.4. The number of ether oxygens (including phenoxy) is 1. The molecule has 0 spiro atoms. The molecule has 0 amide bonds. The zero-order valence-corrected chi connectivity index (χ0v) is 19.6. The Morgan fingerprint density at radius 3 is 2.00 bits per heavy atom. The first-order chi connectivity index (χ1) is 13.5. The number of hydrogen-bond acceptors (Lipinski definition) is 5. The number of aliphatic hydroxyl groups excluding tert-OH is 3. The molecule has 0 aliphatic heterocycles. The topological polar surface area (TPSA) is 87.0 Å². The molecule has 0 heterocycles. The molecule has 5 nitrogen and oxygen atoms in total. The Kier molecular flexibility index (Phi) is 22.0. The summed E-state index contributed by atoms with van der Waals surface area (Å²) in [4.78, 5) is 10.9. The summed E-state index contributed by atoms with van der Waals surface area (Å²) in [5.41, 5.74) is 0. The third kappa shape index (κ3) is 21.2. The van der Waals surface area contributed by atoms with Crippen LogP contribution in [-0.2, 0) is 42.2 Å². The van der Waals surface area contributed by atoms with Crippen LogP contribution in [0.2, 0.25) is 0 Å². The summed E-state index contributed by atoms with van der Waals surface area (Å²) in [7, 11) is 1.34. The fraction of sp³-hybridized carbons (Fsp3) is 0.304. The van der Waals surface area contributed by atoms with Gasteiger partial charge in [-0.3, -0.25) is 4.79 Å². The molecule has 0 unspecified atom stereocenters. The van der Waals surface area contributed by atoms with Gasteiger partial charge in [-0.25, -0.2) is 0 Å². The van der Waals surface area contributed by atoms with E-state index >= 15 is 0 Å². The zero-order chi connectivity index (χ0) is 21.0. The number of esters is 1. The quantitative estimate of drug-likeness (QED) is 0.275. The molecule has 0 fully saturated rings. The summed E-state index contributed by atoms with van der Waals surface area (Å²) in [6.45, 7) is 3.29. The summed E-state index contributed by atoms with van der Waals surface area (Å²) >= 11 is 0. The third-order valence-corrected chi connectivity index (χ3v) is 3.31. The SMILES string of the molecule is [CH2-][C@@H](O)[C@H](O)/C=C/C=C/C=C\C=C\[C@@H](O)CCCC(=O)OC.[Y].[c-]1ccccc1. The van der Waals surface area contributed by atoms with Gasteiger partial charge in [-0.15, -0.1) is 0 Å². The Hall–Kier alpha value is -1.37. The molecule has 29 heavy (non-hydrogen) atoms. The Morgan fingerprint density at radius 1 is 1.00 bits per heavy atom. The second kappa shape index (κ2) is 21.3. The van der Waals surface area contributed by atoms with E-state index < -0.39 is 18.3 Å². The summed E-state index contributed by atoms with van der Waals surface area (Å²) in [6, 6.07) is 12.5. The van der Waals surface area contributed by atoms with E-state index in [4.69, 9.17) is 5.11 Å². The van der Waals surface area contributed by atoms with Gasteiger partial charge in [0.25, 0.3) is 0 Å². The van der Waals surface area contributed by atoms with Crippen molar-refractivity contribution in [1.29, 1.82) is 0 Å². The van der Waals surface area contributed by atoms with Gasteiger partial charge < -0.3 is 27.0 Å². The monoisotopic (exact) mass is 475 g/mol. The molecule has 1 rings (SSSR count). The predicted molar refractivity (Wildman–Crippen MR) is 111 cm³/mol. The first-order valence-corrected chi connectivity index (χ1v) is 9.01. The maximum absolute atomic E-state index is 10.9. The second-order valence-corrected chi connectivity index (χ2v) is 5.71. The van der Waals surface area contributed by atoms with E-state index in [-0.39, 0.29) is 38.7 Å². The number of aliphatic hydroxyl groups is 3. The van der Waals surface area contributed by atoms with Crippen LogP contribution < -0.4 is 0 Å². The van der Waals surface area contributed by atoms with Crippen molar-refractivity contribution in [2.45, 2.75) is 37.6 Å². The maximum atomic E-state index is 10.9. The number of methoxy groups -OCH3 is 1. The van der Waals surface area contributed by atoms with Gasteiger partial charge in [0.15, 0.2) is 0 Å². The van der Waals surface area contributed by atoms with Crippen LogP contribution >= 0.6 is 0 Å². The molecule has 6 heteroatoms. The van der Waals surface area contributed by atoms with Gasteiger partial charge in [0, 0.05) is 39.1 Å². The molecule has 157 valence electrons. The molecular formula is C23H30O5Y-2. The predicted octanol–water partition coefficient (Wildman–Crippen LogP) is 2.96. The second-order valence-electron chi connectivity index (χ2n) is 5.71. The van der Waals surface area contributed by atoms with Gasteiger partial charge in [0.05, 0.1) is 19.3 Å². The van der Waals surface area contributed by atoms with Crippen LogP contribution in [0.15, 0.2) is 78.9 Å². The molecule has 0 saturated heterocycles. The van der Waals surface area contributed by atoms with Gasteiger partial charge >= 0.3 is 5.97 Å². The van der Waals surface area contributed by atoms with Crippen molar-refractivity contribution in [2.75, 3.05) is 7.11 Å².